The van der Waals surface area contributed by atoms with E-state index in [1.54, 1.807) is 18.6 Å². The van der Waals surface area contributed by atoms with E-state index in [0.717, 1.165) is 9.26 Å². The summed E-state index contributed by atoms with van der Waals surface area (Å²) in [6.45, 7) is 4.16. The molecule has 6 heteroatoms. The molecule has 0 aliphatic rings. The van der Waals surface area contributed by atoms with E-state index in [9.17, 15) is 0 Å². The zero-order valence-corrected chi connectivity index (χ0v) is 11.2. The van der Waals surface area contributed by atoms with Gasteiger partial charge in [0.1, 0.15) is 0 Å². The Labute approximate surface area is 107 Å². The maximum absolute atomic E-state index is 4.23. The van der Waals surface area contributed by atoms with Crippen molar-refractivity contribution in [2.75, 3.05) is 5.32 Å². The highest BCUT2D eigenvalue weighted by Gasteiger charge is 2.02. The first-order chi connectivity index (χ1) is 7.65. The van der Waals surface area contributed by atoms with Crippen molar-refractivity contribution < 1.29 is 0 Å². The molecule has 0 fully saturated rings. The lowest BCUT2D eigenvalue weighted by molar-refractivity contribution is 0.532. The Morgan fingerprint density at radius 2 is 1.94 bits per heavy atom. The second kappa shape index (κ2) is 4.77. The van der Waals surface area contributed by atoms with Crippen LogP contribution in [0, 0.1) is 3.57 Å². The smallest absolute Gasteiger partial charge is 0.227 e. The van der Waals surface area contributed by atoms with E-state index < -0.39 is 0 Å². The van der Waals surface area contributed by atoms with Gasteiger partial charge in [-0.05, 0) is 36.4 Å². The second-order valence-electron chi connectivity index (χ2n) is 3.65. The van der Waals surface area contributed by atoms with Crippen molar-refractivity contribution in [1.29, 1.82) is 0 Å². The van der Waals surface area contributed by atoms with Crippen LogP contribution in [0.25, 0.3) is 0 Å². The maximum Gasteiger partial charge on any atom is 0.227 e. The fourth-order valence-corrected chi connectivity index (χ4v) is 1.47. The lowest BCUT2D eigenvalue weighted by Crippen LogP contribution is -2.00. The van der Waals surface area contributed by atoms with Gasteiger partial charge in [-0.1, -0.05) is 0 Å². The normalized spacial score (nSPS) is 10.8. The number of halogens is 1. The Bertz CT molecular complexity index is 462. The molecule has 0 amide bonds. The van der Waals surface area contributed by atoms with E-state index in [4.69, 9.17) is 0 Å². The molecule has 0 spiro atoms. The molecule has 0 aromatic carbocycles. The van der Waals surface area contributed by atoms with Crippen LogP contribution in [0.3, 0.4) is 0 Å². The van der Waals surface area contributed by atoms with Crippen LogP contribution >= 0.6 is 22.6 Å². The summed E-state index contributed by atoms with van der Waals surface area (Å²) in [4.78, 5) is 8.32. The summed E-state index contributed by atoms with van der Waals surface area (Å²) < 4.78 is 2.90. The van der Waals surface area contributed by atoms with E-state index >= 15 is 0 Å². The standard InChI is InChI=1S/C10H12IN5/c1-7(2)16-6-9(5-14-16)15-10-12-3-8(11)4-13-10/h3-7H,1-2H3,(H,12,13,15). The third-order valence-electron chi connectivity index (χ3n) is 2.01. The summed E-state index contributed by atoms with van der Waals surface area (Å²) in [7, 11) is 0. The third kappa shape index (κ3) is 2.69. The second-order valence-corrected chi connectivity index (χ2v) is 4.90. The first kappa shape index (κ1) is 11.3. The molecule has 0 radical (unpaired) electrons. The SMILES string of the molecule is CC(C)n1cc(Nc2ncc(I)cn2)cn1. The van der Waals surface area contributed by atoms with Crippen LogP contribution < -0.4 is 5.32 Å². The molecule has 2 rings (SSSR count). The van der Waals surface area contributed by atoms with Gasteiger partial charge in [0, 0.05) is 28.2 Å². The Balaban J connectivity index is 2.11. The van der Waals surface area contributed by atoms with Crippen LogP contribution in [-0.4, -0.2) is 19.7 Å². The first-order valence-electron chi connectivity index (χ1n) is 4.94. The minimum Gasteiger partial charge on any atom is -0.321 e. The number of aromatic nitrogens is 4. The zero-order valence-electron chi connectivity index (χ0n) is 9.05. The molecule has 0 saturated carbocycles. The fraction of sp³-hybridized carbons (Fsp3) is 0.300. The molecular formula is C10H12IN5. The quantitative estimate of drug-likeness (QED) is 0.880. The summed E-state index contributed by atoms with van der Waals surface area (Å²) in [5, 5.41) is 7.32. The molecule has 2 aromatic heterocycles. The van der Waals surface area contributed by atoms with E-state index in [2.05, 4.69) is 56.8 Å². The van der Waals surface area contributed by atoms with Gasteiger partial charge in [-0.2, -0.15) is 5.10 Å². The lowest BCUT2D eigenvalue weighted by Gasteiger charge is -2.03. The Morgan fingerprint density at radius 3 is 2.50 bits per heavy atom. The minimum absolute atomic E-state index is 0.355. The number of anilines is 2. The van der Waals surface area contributed by atoms with Crippen molar-refractivity contribution in [2.24, 2.45) is 0 Å². The van der Waals surface area contributed by atoms with Crippen molar-refractivity contribution in [2.45, 2.75) is 19.9 Å². The van der Waals surface area contributed by atoms with Crippen molar-refractivity contribution in [3.05, 3.63) is 28.4 Å². The van der Waals surface area contributed by atoms with Gasteiger partial charge in [0.2, 0.25) is 5.95 Å². The van der Waals surface area contributed by atoms with Crippen molar-refractivity contribution in [1.82, 2.24) is 19.7 Å². The van der Waals surface area contributed by atoms with Gasteiger partial charge >= 0.3 is 0 Å². The Hall–Kier alpha value is -1.18. The highest BCUT2D eigenvalue weighted by atomic mass is 127. The highest BCUT2D eigenvalue weighted by Crippen LogP contribution is 2.14. The van der Waals surface area contributed by atoms with E-state index in [-0.39, 0.29) is 0 Å². The van der Waals surface area contributed by atoms with E-state index in [1.165, 1.54) is 0 Å². The molecule has 0 atom stereocenters. The molecule has 0 aliphatic heterocycles. The van der Waals surface area contributed by atoms with Gasteiger partial charge in [-0.3, -0.25) is 4.68 Å². The average Bonchev–Trinajstić information content (AvgIpc) is 2.70. The van der Waals surface area contributed by atoms with Crippen LogP contribution in [0.4, 0.5) is 11.6 Å². The molecule has 0 saturated heterocycles. The van der Waals surface area contributed by atoms with Crippen LogP contribution in [0.15, 0.2) is 24.8 Å². The van der Waals surface area contributed by atoms with Crippen LogP contribution in [-0.2, 0) is 0 Å². The molecule has 1 N–H and O–H groups in total. The molecule has 2 heterocycles. The number of nitrogens with zero attached hydrogens (tertiary/aromatic N) is 4. The summed E-state index contributed by atoms with van der Waals surface area (Å²) in [6, 6.07) is 0.355. The molecule has 0 unspecified atom stereocenters. The van der Waals surface area contributed by atoms with Gasteiger partial charge in [0.25, 0.3) is 0 Å². The van der Waals surface area contributed by atoms with Gasteiger partial charge in [-0.25, -0.2) is 9.97 Å². The maximum atomic E-state index is 4.23. The van der Waals surface area contributed by atoms with Gasteiger partial charge in [0.05, 0.1) is 11.9 Å². The van der Waals surface area contributed by atoms with Crippen LogP contribution in [0.2, 0.25) is 0 Å². The lowest BCUT2D eigenvalue weighted by atomic mass is 10.4. The molecule has 2 aromatic rings. The monoisotopic (exact) mass is 329 g/mol. The molecule has 0 aliphatic carbocycles. The first-order valence-corrected chi connectivity index (χ1v) is 6.02. The van der Waals surface area contributed by atoms with E-state index in [0.29, 0.717) is 12.0 Å². The van der Waals surface area contributed by atoms with Crippen LogP contribution in [0.5, 0.6) is 0 Å². The largest absolute Gasteiger partial charge is 0.321 e. The number of hydrogen-bond acceptors (Lipinski definition) is 4. The predicted molar refractivity (Wildman–Crippen MR) is 70.6 cm³/mol. The van der Waals surface area contributed by atoms with Gasteiger partial charge in [0.15, 0.2) is 0 Å². The topological polar surface area (TPSA) is 55.6 Å². The summed E-state index contributed by atoms with van der Waals surface area (Å²) in [6.07, 6.45) is 7.23. The summed E-state index contributed by atoms with van der Waals surface area (Å²) in [5.41, 5.74) is 0.898. The number of nitrogens with one attached hydrogen (secondary N) is 1. The molecule has 16 heavy (non-hydrogen) atoms. The predicted octanol–water partition coefficient (Wildman–Crippen LogP) is 2.60. The van der Waals surface area contributed by atoms with E-state index in [1.807, 2.05) is 10.9 Å². The number of hydrogen-bond donors (Lipinski definition) is 1. The Kier molecular flexibility index (Phi) is 3.37. The molecule has 84 valence electrons. The Morgan fingerprint density at radius 1 is 1.25 bits per heavy atom. The van der Waals surface area contributed by atoms with Crippen LogP contribution in [0.1, 0.15) is 19.9 Å². The number of rotatable bonds is 3. The van der Waals surface area contributed by atoms with Crippen molar-refractivity contribution in [3.63, 3.8) is 0 Å². The average molecular weight is 329 g/mol. The molecule has 0 bridgehead atoms. The van der Waals surface area contributed by atoms with Gasteiger partial charge < -0.3 is 5.32 Å². The summed E-state index contributed by atoms with van der Waals surface area (Å²) in [5.74, 6) is 0.587. The van der Waals surface area contributed by atoms with Crippen molar-refractivity contribution in [3.8, 4) is 0 Å². The third-order valence-corrected chi connectivity index (χ3v) is 2.56. The molecular weight excluding hydrogens is 317 g/mol. The fourth-order valence-electron chi connectivity index (χ4n) is 1.19. The zero-order chi connectivity index (χ0) is 11.5. The highest BCUT2D eigenvalue weighted by molar-refractivity contribution is 14.1. The van der Waals surface area contributed by atoms with Crippen molar-refractivity contribution >= 4 is 34.2 Å². The summed E-state index contributed by atoms with van der Waals surface area (Å²) >= 11 is 2.17. The van der Waals surface area contributed by atoms with Gasteiger partial charge in [-0.15, -0.1) is 0 Å². The molecule has 5 nitrogen and oxygen atoms in total. The minimum atomic E-state index is 0.355.